The maximum atomic E-state index is 12.5. The van der Waals surface area contributed by atoms with Gasteiger partial charge in [-0.15, -0.1) is 0 Å². The first-order valence-electron chi connectivity index (χ1n) is 6.75. The maximum absolute atomic E-state index is 12.5. The van der Waals surface area contributed by atoms with Crippen LogP contribution in [0, 0.1) is 0 Å². The predicted molar refractivity (Wildman–Crippen MR) is 75.2 cm³/mol. The van der Waals surface area contributed by atoms with E-state index in [-0.39, 0.29) is 0 Å². The van der Waals surface area contributed by atoms with Gasteiger partial charge in [-0.1, -0.05) is 36.8 Å². The van der Waals surface area contributed by atoms with Crippen molar-refractivity contribution in [2.24, 2.45) is 0 Å². The van der Waals surface area contributed by atoms with E-state index in [0.29, 0.717) is 18.7 Å². The molecule has 0 unspecified atom stereocenters. The third kappa shape index (κ3) is 3.16. The highest BCUT2D eigenvalue weighted by molar-refractivity contribution is 7.89. The molecule has 2 atom stereocenters. The van der Waals surface area contributed by atoms with Crippen LogP contribution in [0.5, 0.6) is 0 Å². The second kappa shape index (κ2) is 6.03. The summed E-state index contributed by atoms with van der Waals surface area (Å²) in [6.45, 7) is 2.74. The van der Waals surface area contributed by atoms with Gasteiger partial charge in [-0.05, 0) is 25.3 Å². The molecule has 2 rings (SSSR count). The highest BCUT2D eigenvalue weighted by Crippen LogP contribution is 2.26. The van der Waals surface area contributed by atoms with Gasteiger partial charge in [0.15, 0.2) is 0 Å². The number of aliphatic hydroxyl groups is 1. The number of hydrogen-bond donors (Lipinski definition) is 1. The molecular formula is C14H21NO3S. The van der Waals surface area contributed by atoms with Crippen LogP contribution in [0.4, 0.5) is 0 Å². The van der Waals surface area contributed by atoms with E-state index in [4.69, 9.17) is 0 Å². The highest BCUT2D eigenvalue weighted by atomic mass is 32.2. The zero-order valence-corrected chi connectivity index (χ0v) is 12.0. The number of sulfonamides is 1. The van der Waals surface area contributed by atoms with Crippen LogP contribution in [0.1, 0.15) is 37.9 Å². The Hall–Kier alpha value is -0.910. The molecule has 19 heavy (non-hydrogen) atoms. The van der Waals surface area contributed by atoms with E-state index in [1.54, 1.807) is 31.2 Å². The second-order valence-corrected chi connectivity index (χ2v) is 7.36. The molecule has 0 saturated carbocycles. The first kappa shape index (κ1) is 14.5. The lowest BCUT2D eigenvalue weighted by molar-refractivity contribution is 0.172. The Balaban J connectivity index is 2.15. The van der Waals surface area contributed by atoms with E-state index < -0.39 is 21.4 Å². The number of benzene rings is 1. The van der Waals surface area contributed by atoms with Gasteiger partial charge in [-0.2, -0.15) is 0 Å². The van der Waals surface area contributed by atoms with Gasteiger partial charge in [0.25, 0.3) is 0 Å². The predicted octanol–water partition coefficient (Wildman–Crippen LogP) is 1.92. The molecule has 0 spiro atoms. The van der Waals surface area contributed by atoms with Crippen LogP contribution < -0.4 is 0 Å². The summed E-state index contributed by atoms with van der Waals surface area (Å²) in [7, 11) is -3.43. The van der Waals surface area contributed by atoms with E-state index in [9.17, 15) is 13.5 Å². The second-order valence-electron chi connectivity index (χ2n) is 5.07. The molecule has 4 nitrogen and oxygen atoms in total. The molecular weight excluding hydrogens is 262 g/mol. The smallest absolute Gasteiger partial charge is 0.219 e. The van der Waals surface area contributed by atoms with Crippen molar-refractivity contribution in [3.8, 4) is 0 Å². The van der Waals surface area contributed by atoms with E-state index in [1.165, 1.54) is 4.31 Å². The molecule has 0 aromatic heterocycles. The lowest BCUT2D eigenvalue weighted by Crippen LogP contribution is -2.42. The summed E-state index contributed by atoms with van der Waals surface area (Å²) in [5.74, 6) is 0. The summed E-state index contributed by atoms with van der Waals surface area (Å²) >= 11 is 0. The minimum atomic E-state index is -3.43. The van der Waals surface area contributed by atoms with Gasteiger partial charge in [0.1, 0.15) is 5.25 Å². The Kier molecular flexibility index (Phi) is 4.60. The average Bonchev–Trinajstić information content (AvgIpc) is 2.47. The van der Waals surface area contributed by atoms with Crippen LogP contribution in [-0.4, -0.2) is 36.2 Å². The molecule has 1 saturated heterocycles. The first-order chi connectivity index (χ1) is 9.03. The summed E-state index contributed by atoms with van der Waals surface area (Å²) < 4.78 is 26.5. The molecule has 1 aliphatic rings. The van der Waals surface area contributed by atoms with Crippen LogP contribution in [0.3, 0.4) is 0 Å². The molecule has 0 amide bonds. The molecule has 1 N–H and O–H groups in total. The van der Waals surface area contributed by atoms with Gasteiger partial charge >= 0.3 is 0 Å². The summed E-state index contributed by atoms with van der Waals surface area (Å²) in [6.07, 6.45) is 1.93. The zero-order chi connectivity index (χ0) is 13.9. The minimum Gasteiger partial charge on any atom is -0.387 e. The molecule has 1 aromatic carbocycles. The molecule has 0 bridgehead atoms. The van der Waals surface area contributed by atoms with Crippen molar-refractivity contribution in [1.82, 2.24) is 4.31 Å². The Bertz CT molecular complexity index is 495. The molecule has 5 heteroatoms. The van der Waals surface area contributed by atoms with Crippen LogP contribution >= 0.6 is 0 Å². The molecule has 1 aliphatic heterocycles. The van der Waals surface area contributed by atoms with Crippen molar-refractivity contribution in [3.05, 3.63) is 35.9 Å². The van der Waals surface area contributed by atoms with E-state index in [2.05, 4.69) is 0 Å². The minimum absolute atomic E-state index is 0.578. The van der Waals surface area contributed by atoms with E-state index in [0.717, 1.165) is 19.3 Å². The Morgan fingerprint density at radius 2 is 1.68 bits per heavy atom. The highest BCUT2D eigenvalue weighted by Gasteiger charge is 2.34. The van der Waals surface area contributed by atoms with Crippen molar-refractivity contribution in [2.75, 3.05) is 13.1 Å². The van der Waals surface area contributed by atoms with Crippen LogP contribution in [-0.2, 0) is 10.0 Å². The maximum Gasteiger partial charge on any atom is 0.219 e. The third-order valence-corrected chi connectivity index (χ3v) is 6.01. The molecule has 1 aromatic rings. The van der Waals surface area contributed by atoms with Gasteiger partial charge in [0, 0.05) is 13.1 Å². The van der Waals surface area contributed by atoms with Crippen molar-refractivity contribution >= 4 is 10.0 Å². The van der Waals surface area contributed by atoms with Crippen molar-refractivity contribution < 1.29 is 13.5 Å². The fraction of sp³-hybridized carbons (Fsp3) is 0.571. The first-order valence-corrected chi connectivity index (χ1v) is 8.26. The fourth-order valence-electron chi connectivity index (χ4n) is 2.44. The van der Waals surface area contributed by atoms with Crippen LogP contribution in [0.25, 0.3) is 0 Å². The Morgan fingerprint density at radius 3 is 2.26 bits per heavy atom. The van der Waals surface area contributed by atoms with E-state index >= 15 is 0 Å². The summed E-state index contributed by atoms with van der Waals surface area (Å²) in [6, 6.07) is 8.97. The van der Waals surface area contributed by atoms with Gasteiger partial charge < -0.3 is 5.11 Å². The van der Waals surface area contributed by atoms with E-state index in [1.807, 2.05) is 6.07 Å². The molecule has 1 fully saturated rings. The molecule has 1 heterocycles. The standard InChI is InChI=1S/C14H21NO3S/c1-12(14(16)13-8-4-2-5-9-13)19(17,18)15-10-6-3-7-11-15/h2,4-5,8-9,12,14,16H,3,6-7,10-11H2,1H3/t12-,14-/m0/s1. The topological polar surface area (TPSA) is 57.6 Å². The summed E-state index contributed by atoms with van der Waals surface area (Å²) in [5.41, 5.74) is 0.649. The van der Waals surface area contributed by atoms with Crippen LogP contribution in [0.15, 0.2) is 30.3 Å². The average molecular weight is 283 g/mol. The molecule has 106 valence electrons. The van der Waals surface area contributed by atoms with Crippen molar-refractivity contribution in [2.45, 2.75) is 37.5 Å². The summed E-state index contributed by atoms with van der Waals surface area (Å²) in [4.78, 5) is 0. The number of aliphatic hydroxyl groups excluding tert-OH is 1. The monoisotopic (exact) mass is 283 g/mol. The zero-order valence-electron chi connectivity index (χ0n) is 11.2. The van der Waals surface area contributed by atoms with Crippen molar-refractivity contribution in [1.29, 1.82) is 0 Å². The molecule has 0 aliphatic carbocycles. The van der Waals surface area contributed by atoms with Gasteiger partial charge in [0.2, 0.25) is 10.0 Å². The quantitative estimate of drug-likeness (QED) is 0.918. The number of hydrogen-bond acceptors (Lipinski definition) is 3. The SMILES string of the molecule is C[C@@H]([C@H](O)c1ccccc1)S(=O)(=O)N1CCCCC1. The fourth-order valence-corrected chi connectivity index (χ4v) is 4.16. The summed E-state index contributed by atoms with van der Waals surface area (Å²) in [5, 5.41) is 9.44. The van der Waals surface area contributed by atoms with Gasteiger partial charge in [-0.3, -0.25) is 0 Å². The van der Waals surface area contributed by atoms with Crippen molar-refractivity contribution in [3.63, 3.8) is 0 Å². The van der Waals surface area contributed by atoms with Gasteiger partial charge in [-0.25, -0.2) is 12.7 Å². The third-order valence-electron chi connectivity index (χ3n) is 3.73. The number of nitrogens with zero attached hydrogens (tertiary/aromatic N) is 1. The largest absolute Gasteiger partial charge is 0.387 e. The lowest BCUT2D eigenvalue weighted by atomic mass is 10.1. The normalized spacial score (nSPS) is 20.9. The number of rotatable bonds is 4. The molecule has 0 radical (unpaired) electrons. The Morgan fingerprint density at radius 1 is 1.11 bits per heavy atom. The lowest BCUT2D eigenvalue weighted by Gasteiger charge is -2.30. The Labute approximate surface area is 115 Å². The van der Waals surface area contributed by atoms with Crippen LogP contribution in [0.2, 0.25) is 0 Å². The number of piperidine rings is 1. The van der Waals surface area contributed by atoms with Gasteiger partial charge in [0.05, 0.1) is 6.10 Å².